The lowest BCUT2D eigenvalue weighted by atomic mass is 9.94. The Morgan fingerprint density at radius 1 is 1.29 bits per heavy atom. The van der Waals surface area contributed by atoms with Crippen LogP contribution in [-0.2, 0) is 4.79 Å². The lowest BCUT2D eigenvalue weighted by Crippen LogP contribution is -2.56. The summed E-state index contributed by atoms with van der Waals surface area (Å²) < 4.78 is 0. The molecule has 1 aromatic rings. The van der Waals surface area contributed by atoms with Gasteiger partial charge >= 0.3 is 0 Å². The predicted molar refractivity (Wildman–Crippen MR) is 82.7 cm³/mol. The quantitative estimate of drug-likeness (QED) is 0.664. The van der Waals surface area contributed by atoms with Crippen molar-refractivity contribution in [2.45, 2.75) is 20.1 Å². The molecule has 0 spiro atoms. The number of hydrogen-bond acceptors (Lipinski definition) is 5. The van der Waals surface area contributed by atoms with E-state index in [0.29, 0.717) is 6.67 Å². The molecular weight excluding hydrogens is 266 g/mol. The van der Waals surface area contributed by atoms with E-state index < -0.39 is 0 Å². The summed E-state index contributed by atoms with van der Waals surface area (Å²) in [5.41, 5.74) is 6.84. The second-order valence-electron chi connectivity index (χ2n) is 5.53. The SMILES string of the molecule is CNc1ccc(C2=C(C(C)C)C(=O)N3NCNC3N2)cc1. The van der Waals surface area contributed by atoms with E-state index in [4.69, 9.17) is 0 Å². The number of fused-ring (bicyclic) bond motifs is 1. The van der Waals surface area contributed by atoms with Crippen LogP contribution < -0.4 is 21.4 Å². The predicted octanol–water partition coefficient (Wildman–Crippen LogP) is 0.876. The van der Waals surface area contributed by atoms with Crippen molar-refractivity contribution in [3.8, 4) is 0 Å². The zero-order valence-electron chi connectivity index (χ0n) is 12.5. The van der Waals surface area contributed by atoms with Gasteiger partial charge in [0.15, 0.2) is 6.29 Å². The molecule has 1 saturated heterocycles. The Morgan fingerprint density at radius 2 is 2.00 bits per heavy atom. The first-order valence-electron chi connectivity index (χ1n) is 7.21. The molecule has 6 heteroatoms. The van der Waals surface area contributed by atoms with Crippen molar-refractivity contribution < 1.29 is 4.79 Å². The van der Waals surface area contributed by atoms with Crippen molar-refractivity contribution in [1.82, 2.24) is 21.1 Å². The smallest absolute Gasteiger partial charge is 0.269 e. The summed E-state index contributed by atoms with van der Waals surface area (Å²) in [5, 5.41) is 11.4. The zero-order chi connectivity index (χ0) is 15.0. The van der Waals surface area contributed by atoms with Crippen LogP contribution in [0.15, 0.2) is 29.8 Å². The van der Waals surface area contributed by atoms with Crippen LogP contribution >= 0.6 is 0 Å². The first-order valence-corrected chi connectivity index (χ1v) is 7.21. The van der Waals surface area contributed by atoms with Crippen molar-refractivity contribution in [3.63, 3.8) is 0 Å². The molecular formula is C15H21N5O. The van der Waals surface area contributed by atoms with E-state index in [-0.39, 0.29) is 18.1 Å². The number of carbonyl (C=O) groups is 1. The molecule has 2 heterocycles. The monoisotopic (exact) mass is 287 g/mol. The molecule has 4 N–H and O–H groups in total. The number of carbonyl (C=O) groups excluding carboxylic acids is 1. The molecule has 1 unspecified atom stereocenters. The third kappa shape index (κ3) is 2.36. The summed E-state index contributed by atoms with van der Waals surface area (Å²) >= 11 is 0. The minimum Gasteiger partial charge on any atom is -0.388 e. The highest BCUT2D eigenvalue weighted by Gasteiger charge is 2.38. The Morgan fingerprint density at radius 3 is 2.62 bits per heavy atom. The fourth-order valence-electron chi connectivity index (χ4n) is 2.74. The van der Waals surface area contributed by atoms with Gasteiger partial charge < -0.3 is 10.6 Å². The number of nitrogens with zero attached hydrogens (tertiary/aromatic N) is 1. The minimum absolute atomic E-state index is 0.0337. The second kappa shape index (κ2) is 5.38. The molecule has 0 bridgehead atoms. The van der Waals surface area contributed by atoms with Gasteiger partial charge in [0, 0.05) is 18.3 Å². The van der Waals surface area contributed by atoms with Crippen molar-refractivity contribution in [1.29, 1.82) is 0 Å². The number of hydrazine groups is 1. The molecule has 112 valence electrons. The first kappa shape index (κ1) is 13.9. The molecule has 1 fully saturated rings. The lowest BCUT2D eigenvalue weighted by molar-refractivity contribution is -0.132. The van der Waals surface area contributed by atoms with E-state index in [2.05, 4.69) is 21.4 Å². The summed E-state index contributed by atoms with van der Waals surface area (Å²) in [6, 6.07) is 8.09. The van der Waals surface area contributed by atoms with Crippen LogP contribution in [-0.4, -0.2) is 30.9 Å². The van der Waals surface area contributed by atoms with Crippen molar-refractivity contribution in [2.75, 3.05) is 19.0 Å². The Kier molecular flexibility index (Phi) is 3.57. The van der Waals surface area contributed by atoms with E-state index in [1.165, 1.54) is 0 Å². The van der Waals surface area contributed by atoms with Gasteiger partial charge in [-0.3, -0.25) is 10.1 Å². The maximum absolute atomic E-state index is 12.7. The second-order valence-corrected chi connectivity index (χ2v) is 5.53. The van der Waals surface area contributed by atoms with Crippen LogP contribution in [0.4, 0.5) is 5.69 Å². The van der Waals surface area contributed by atoms with Gasteiger partial charge in [0.1, 0.15) is 0 Å². The topological polar surface area (TPSA) is 68.4 Å². The number of hydrogen-bond donors (Lipinski definition) is 4. The number of nitrogens with one attached hydrogen (secondary N) is 4. The number of rotatable bonds is 3. The number of amides is 1. The Bertz CT molecular complexity index is 578. The molecule has 21 heavy (non-hydrogen) atoms. The standard InChI is InChI=1S/C15H21N5O/c1-9(2)12-13(10-4-6-11(16-3)7-5-10)19-15-17-8-18-20(15)14(12)21/h4-7,9,15-19H,8H2,1-3H3. The van der Waals surface area contributed by atoms with Crippen LogP contribution in [0.5, 0.6) is 0 Å². The highest BCUT2D eigenvalue weighted by molar-refractivity contribution is 6.02. The molecule has 0 aliphatic carbocycles. The van der Waals surface area contributed by atoms with E-state index in [9.17, 15) is 4.79 Å². The Hall–Kier alpha value is -2.05. The third-order valence-electron chi connectivity index (χ3n) is 3.84. The number of benzene rings is 1. The summed E-state index contributed by atoms with van der Waals surface area (Å²) in [5.74, 6) is 0.179. The van der Waals surface area contributed by atoms with Crippen LogP contribution in [0.3, 0.4) is 0 Å². The summed E-state index contributed by atoms with van der Waals surface area (Å²) in [7, 11) is 1.89. The van der Waals surface area contributed by atoms with Crippen molar-refractivity contribution in [3.05, 3.63) is 35.4 Å². The first-order chi connectivity index (χ1) is 10.1. The number of anilines is 1. The third-order valence-corrected chi connectivity index (χ3v) is 3.84. The van der Waals surface area contributed by atoms with Gasteiger partial charge in [0.25, 0.3) is 5.91 Å². The van der Waals surface area contributed by atoms with E-state index >= 15 is 0 Å². The fourth-order valence-corrected chi connectivity index (χ4v) is 2.74. The van der Waals surface area contributed by atoms with Gasteiger partial charge in [-0.1, -0.05) is 26.0 Å². The molecule has 2 aliphatic rings. The van der Waals surface area contributed by atoms with Gasteiger partial charge in [0.05, 0.1) is 12.4 Å². The molecule has 1 atom stereocenters. The van der Waals surface area contributed by atoms with Crippen LogP contribution in [0.1, 0.15) is 19.4 Å². The fraction of sp³-hybridized carbons (Fsp3) is 0.400. The van der Waals surface area contributed by atoms with Crippen LogP contribution in [0, 0.1) is 5.92 Å². The largest absolute Gasteiger partial charge is 0.388 e. The average Bonchev–Trinajstić information content (AvgIpc) is 2.95. The van der Waals surface area contributed by atoms with Gasteiger partial charge in [-0.15, -0.1) is 0 Å². The summed E-state index contributed by atoms with van der Waals surface area (Å²) in [6.07, 6.45) is -0.195. The van der Waals surface area contributed by atoms with Crippen molar-refractivity contribution >= 4 is 17.3 Å². The van der Waals surface area contributed by atoms with E-state index in [1.54, 1.807) is 5.01 Å². The van der Waals surface area contributed by atoms with Crippen LogP contribution in [0.2, 0.25) is 0 Å². The highest BCUT2D eigenvalue weighted by Crippen LogP contribution is 2.29. The summed E-state index contributed by atoms with van der Waals surface area (Å²) in [4.78, 5) is 12.7. The maximum atomic E-state index is 12.7. The van der Waals surface area contributed by atoms with Gasteiger partial charge in [0.2, 0.25) is 0 Å². The van der Waals surface area contributed by atoms with Gasteiger partial charge in [-0.25, -0.2) is 10.4 Å². The molecule has 2 aliphatic heterocycles. The lowest BCUT2D eigenvalue weighted by Gasteiger charge is -2.34. The van der Waals surface area contributed by atoms with E-state index in [0.717, 1.165) is 22.5 Å². The molecule has 6 nitrogen and oxygen atoms in total. The van der Waals surface area contributed by atoms with Gasteiger partial charge in [-0.2, -0.15) is 0 Å². The minimum atomic E-state index is -0.195. The zero-order valence-corrected chi connectivity index (χ0v) is 12.5. The molecule has 0 radical (unpaired) electrons. The van der Waals surface area contributed by atoms with E-state index in [1.807, 2.05) is 45.2 Å². The molecule has 1 amide bonds. The highest BCUT2D eigenvalue weighted by atomic mass is 16.2. The normalized spacial score (nSPS) is 21.6. The van der Waals surface area contributed by atoms with Gasteiger partial charge in [-0.05, 0) is 23.6 Å². The molecule has 1 aromatic carbocycles. The van der Waals surface area contributed by atoms with Crippen molar-refractivity contribution in [2.24, 2.45) is 5.92 Å². The Balaban J connectivity index is 2.04. The van der Waals surface area contributed by atoms with Crippen LogP contribution in [0.25, 0.3) is 5.70 Å². The Labute approximate surface area is 124 Å². The summed E-state index contributed by atoms with van der Waals surface area (Å²) in [6.45, 7) is 4.67. The molecule has 0 aromatic heterocycles. The maximum Gasteiger partial charge on any atom is 0.269 e. The molecule has 3 rings (SSSR count). The molecule has 0 saturated carbocycles. The average molecular weight is 287 g/mol.